The topological polar surface area (TPSA) is 83.4 Å². The first-order chi connectivity index (χ1) is 12.7. The van der Waals surface area contributed by atoms with Crippen LogP contribution in [0.4, 0.5) is 0 Å². The largest absolute Gasteiger partial charge is 0.458 e. The predicted octanol–water partition coefficient (Wildman–Crippen LogP) is 4.74. The Hall–Kier alpha value is -3.07. The van der Waals surface area contributed by atoms with Gasteiger partial charge in [-0.25, -0.2) is 9.97 Å². The lowest BCUT2D eigenvalue weighted by molar-refractivity contribution is 0.319. The van der Waals surface area contributed by atoms with Crippen molar-refractivity contribution in [2.75, 3.05) is 0 Å². The molecule has 1 fully saturated rings. The molecule has 4 aromatic heterocycles. The first kappa shape index (κ1) is 15.2. The Morgan fingerprint density at radius 2 is 2.08 bits per heavy atom. The number of nitriles is 1. The minimum Gasteiger partial charge on any atom is -0.458 e. The standard InChI is InChI=1S/C20H19N5O/c1-12-2-7-17(26-12)20-24-16-11-23-19-15(8-9-22-19)18(16)25(20)14-5-3-13(10-21)4-6-14/h2,7-9,11,13-14H,3-6H2,1H3,(H,22,23)/t13-,14-. The number of imidazole rings is 1. The number of pyridine rings is 1. The molecule has 0 spiro atoms. The van der Waals surface area contributed by atoms with Crippen molar-refractivity contribution in [1.82, 2.24) is 19.5 Å². The lowest BCUT2D eigenvalue weighted by Crippen LogP contribution is -2.18. The highest BCUT2D eigenvalue weighted by Gasteiger charge is 2.28. The average Bonchev–Trinajstić information content (AvgIpc) is 3.38. The zero-order chi connectivity index (χ0) is 17.7. The molecular weight excluding hydrogens is 326 g/mol. The normalized spacial score (nSPS) is 20.6. The number of fused-ring (bicyclic) bond motifs is 3. The summed E-state index contributed by atoms with van der Waals surface area (Å²) in [7, 11) is 0. The molecule has 0 saturated heterocycles. The molecule has 1 saturated carbocycles. The quantitative estimate of drug-likeness (QED) is 0.569. The van der Waals surface area contributed by atoms with E-state index in [1.165, 1.54) is 0 Å². The van der Waals surface area contributed by atoms with Gasteiger partial charge in [-0.15, -0.1) is 0 Å². The van der Waals surface area contributed by atoms with E-state index in [4.69, 9.17) is 9.40 Å². The molecule has 6 heteroatoms. The second-order valence-corrected chi connectivity index (χ2v) is 7.08. The molecular formula is C20H19N5O. The molecule has 0 radical (unpaired) electrons. The first-order valence-corrected chi connectivity index (χ1v) is 9.05. The highest BCUT2D eigenvalue weighted by atomic mass is 16.3. The molecule has 1 aliphatic carbocycles. The van der Waals surface area contributed by atoms with Crippen molar-refractivity contribution < 1.29 is 4.42 Å². The van der Waals surface area contributed by atoms with Crippen LogP contribution in [0.2, 0.25) is 0 Å². The summed E-state index contributed by atoms with van der Waals surface area (Å²) < 4.78 is 8.22. The Balaban J connectivity index is 1.75. The van der Waals surface area contributed by atoms with E-state index in [1.807, 2.05) is 31.5 Å². The van der Waals surface area contributed by atoms with Gasteiger partial charge in [0.1, 0.15) is 16.9 Å². The monoisotopic (exact) mass is 345 g/mol. The van der Waals surface area contributed by atoms with Gasteiger partial charge >= 0.3 is 0 Å². The Morgan fingerprint density at radius 1 is 1.23 bits per heavy atom. The van der Waals surface area contributed by atoms with Crippen LogP contribution in [0.15, 0.2) is 35.0 Å². The van der Waals surface area contributed by atoms with Crippen LogP contribution in [-0.4, -0.2) is 19.5 Å². The van der Waals surface area contributed by atoms with Crippen LogP contribution in [0.3, 0.4) is 0 Å². The summed E-state index contributed by atoms with van der Waals surface area (Å²) in [6.45, 7) is 1.94. The summed E-state index contributed by atoms with van der Waals surface area (Å²) in [5.41, 5.74) is 2.84. The SMILES string of the molecule is Cc1ccc(-c2nc3cnc4[nH]ccc4c3n2[C@H]2CC[C@H](C#N)CC2)o1. The summed E-state index contributed by atoms with van der Waals surface area (Å²) in [5.74, 6) is 2.68. The van der Waals surface area contributed by atoms with E-state index < -0.39 is 0 Å². The first-order valence-electron chi connectivity index (χ1n) is 9.05. The molecule has 5 rings (SSSR count). The second kappa shape index (κ2) is 5.73. The lowest BCUT2D eigenvalue weighted by Gasteiger charge is -2.27. The Kier molecular flexibility index (Phi) is 3.35. The lowest BCUT2D eigenvalue weighted by atomic mass is 9.86. The Morgan fingerprint density at radius 3 is 2.81 bits per heavy atom. The van der Waals surface area contributed by atoms with Gasteiger partial charge < -0.3 is 14.0 Å². The van der Waals surface area contributed by atoms with Crippen LogP contribution in [0, 0.1) is 24.2 Å². The highest BCUT2D eigenvalue weighted by Crippen LogP contribution is 2.39. The molecule has 26 heavy (non-hydrogen) atoms. The fourth-order valence-corrected chi connectivity index (χ4v) is 4.14. The van der Waals surface area contributed by atoms with Gasteiger partial charge in [-0.05, 0) is 50.8 Å². The molecule has 4 heterocycles. The summed E-state index contributed by atoms with van der Waals surface area (Å²) in [6, 6.07) is 8.74. The van der Waals surface area contributed by atoms with Crippen LogP contribution in [0.25, 0.3) is 33.7 Å². The summed E-state index contributed by atoms with van der Waals surface area (Å²) >= 11 is 0. The Labute approximate surface area is 150 Å². The van der Waals surface area contributed by atoms with Gasteiger partial charge in [0, 0.05) is 23.5 Å². The zero-order valence-corrected chi connectivity index (χ0v) is 14.6. The highest BCUT2D eigenvalue weighted by molar-refractivity contribution is 6.02. The molecule has 0 aromatic carbocycles. The maximum absolute atomic E-state index is 9.23. The van der Waals surface area contributed by atoms with Crippen LogP contribution in [0.5, 0.6) is 0 Å². The number of rotatable bonds is 2. The van der Waals surface area contributed by atoms with E-state index in [9.17, 15) is 5.26 Å². The third kappa shape index (κ3) is 2.24. The van der Waals surface area contributed by atoms with Crippen molar-refractivity contribution in [3.63, 3.8) is 0 Å². The number of nitrogens with zero attached hydrogens (tertiary/aromatic N) is 4. The maximum atomic E-state index is 9.23. The molecule has 0 bridgehead atoms. The average molecular weight is 345 g/mol. The molecule has 1 N–H and O–H groups in total. The summed E-state index contributed by atoms with van der Waals surface area (Å²) in [5, 5.41) is 10.3. The van der Waals surface area contributed by atoms with Crippen molar-refractivity contribution in [3.05, 3.63) is 36.4 Å². The maximum Gasteiger partial charge on any atom is 0.177 e. The number of H-pyrrole nitrogens is 1. The van der Waals surface area contributed by atoms with Crippen LogP contribution >= 0.6 is 0 Å². The van der Waals surface area contributed by atoms with Crippen molar-refractivity contribution in [1.29, 1.82) is 5.26 Å². The number of furan rings is 1. The molecule has 0 amide bonds. The molecule has 6 nitrogen and oxygen atoms in total. The van der Waals surface area contributed by atoms with Gasteiger partial charge in [0.2, 0.25) is 0 Å². The van der Waals surface area contributed by atoms with Gasteiger partial charge in [0.15, 0.2) is 11.6 Å². The van der Waals surface area contributed by atoms with Gasteiger partial charge in [-0.2, -0.15) is 5.26 Å². The minimum atomic E-state index is 0.171. The molecule has 0 aliphatic heterocycles. The minimum absolute atomic E-state index is 0.171. The van der Waals surface area contributed by atoms with Crippen LogP contribution in [-0.2, 0) is 0 Å². The fourth-order valence-electron chi connectivity index (χ4n) is 4.14. The van der Waals surface area contributed by atoms with E-state index in [0.29, 0.717) is 6.04 Å². The number of aryl methyl sites for hydroxylation is 1. The number of aromatic nitrogens is 4. The second-order valence-electron chi connectivity index (χ2n) is 7.08. The summed E-state index contributed by atoms with van der Waals surface area (Å²) in [4.78, 5) is 12.5. The number of hydrogen-bond acceptors (Lipinski definition) is 4. The molecule has 0 atom stereocenters. The Bertz CT molecular complexity index is 1130. The number of aromatic amines is 1. The molecule has 130 valence electrons. The fraction of sp³-hybridized carbons (Fsp3) is 0.350. The molecule has 0 unspecified atom stereocenters. The van der Waals surface area contributed by atoms with Crippen molar-refractivity contribution in [2.24, 2.45) is 5.92 Å². The van der Waals surface area contributed by atoms with Crippen molar-refractivity contribution >= 4 is 22.1 Å². The zero-order valence-electron chi connectivity index (χ0n) is 14.6. The van der Waals surface area contributed by atoms with E-state index in [1.54, 1.807) is 0 Å². The third-order valence-electron chi connectivity index (χ3n) is 5.44. The van der Waals surface area contributed by atoms with Crippen molar-refractivity contribution in [3.8, 4) is 17.7 Å². The van der Waals surface area contributed by atoms with E-state index in [0.717, 1.165) is 65.1 Å². The van der Waals surface area contributed by atoms with E-state index in [-0.39, 0.29) is 5.92 Å². The van der Waals surface area contributed by atoms with Gasteiger partial charge in [-0.3, -0.25) is 0 Å². The summed E-state index contributed by atoms with van der Waals surface area (Å²) in [6.07, 6.45) is 7.55. The van der Waals surface area contributed by atoms with Gasteiger partial charge in [0.05, 0.1) is 17.8 Å². The molecule has 4 aromatic rings. The third-order valence-corrected chi connectivity index (χ3v) is 5.44. The van der Waals surface area contributed by atoms with Gasteiger partial charge in [-0.1, -0.05) is 0 Å². The van der Waals surface area contributed by atoms with Crippen LogP contribution in [0.1, 0.15) is 37.5 Å². The van der Waals surface area contributed by atoms with Gasteiger partial charge in [0.25, 0.3) is 0 Å². The number of nitrogens with one attached hydrogen (secondary N) is 1. The van der Waals surface area contributed by atoms with E-state index >= 15 is 0 Å². The molecule has 1 aliphatic rings. The predicted molar refractivity (Wildman–Crippen MR) is 98.4 cm³/mol. The van der Waals surface area contributed by atoms with Crippen molar-refractivity contribution in [2.45, 2.75) is 38.6 Å². The smallest absolute Gasteiger partial charge is 0.177 e. The van der Waals surface area contributed by atoms with Crippen LogP contribution < -0.4 is 0 Å². The number of hydrogen-bond donors (Lipinski definition) is 1. The van der Waals surface area contributed by atoms with E-state index in [2.05, 4.69) is 26.7 Å².